The van der Waals surface area contributed by atoms with E-state index in [9.17, 15) is 13.2 Å². The summed E-state index contributed by atoms with van der Waals surface area (Å²) in [5.74, 6) is 0.0657. The van der Waals surface area contributed by atoms with Gasteiger partial charge in [0.15, 0.2) is 0 Å². The van der Waals surface area contributed by atoms with Crippen molar-refractivity contribution < 1.29 is 17.9 Å². The molecule has 0 bridgehead atoms. The second kappa shape index (κ2) is 5.24. The number of hydrogen-bond acceptors (Lipinski definition) is 3. The highest BCUT2D eigenvalue weighted by Crippen LogP contribution is 2.34. The molecule has 0 atom stereocenters. The van der Waals surface area contributed by atoms with Crippen molar-refractivity contribution in [3.05, 3.63) is 40.1 Å². The highest BCUT2D eigenvalue weighted by molar-refractivity contribution is 14.1. The Morgan fingerprint density at radius 3 is 2.53 bits per heavy atom. The molecule has 1 heterocycles. The van der Waals surface area contributed by atoms with E-state index < -0.39 is 6.36 Å². The molecule has 1 aromatic heterocycles. The first kappa shape index (κ1) is 13.9. The number of alkyl halides is 3. The van der Waals surface area contributed by atoms with E-state index in [2.05, 4.69) is 9.72 Å². The van der Waals surface area contributed by atoms with E-state index in [-0.39, 0.29) is 5.75 Å². The zero-order chi connectivity index (χ0) is 14.0. The number of halogens is 4. The Bertz CT molecular complexity index is 602. The Morgan fingerprint density at radius 1 is 1.21 bits per heavy atom. The number of aromatic nitrogens is 1. The van der Waals surface area contributed by atoms with Crippen molar-refractivity contribution in [3.8, 4) is 16.9 Å². The third-order valence-electron chi connectivity index (χ3n) is 2.29. The Hall–Kier alpha value is -1.51. The van der Waals surface area contributed by atoms with Gasteiger partial charge in [0.1, 0.15) is 11.6 Å². The minimum absolute atomic E-state index is 0.266. The average molecular weight is 380 g/mol. The molecule has 0 radical (unpaired) electrons. The maximum absolute atomic E-state index is 12.3. The lowest BCUT2D eigenvalue weighted by Crippen LogP contribution is -2.17. The van der Waals surface area contributed by atoms with Gasteiger partial charge in [-0.25, -0.2) is 4.98 Å². The Balaban J connectivity index is 2.47. The van der Waals surface area contributed by atoms with Gasteiger partial charge in [0.25, 0.3) is 0 Å². The van der Waals surface area contributed by atoms with Crippen LogP contribution in [0.1, 0.15) is 0 Å². The van der Waals surface area contributed by atoms with Crippen LogP contribution >= 0.6 is 22.6 Å². The minimum Gasteiger partial charge on any atom is -0.405 e. The molecule has 0 aliphatic carbocycles. The van der Waals surface area contributed by atoms with E-state index in [1.165, 1.54) is 24.4 Å². The predicted molar refractivity (Wildman–Crippen MR) is 73.5 cm³/mol. The van der Waals surface area contributed by atoms with Gasteiger partial charge in [-0.2, -0.15) is 0 Å². The molecule has 0 saturated carbocycles. The number of nitrogen functional groups attached to an aromatic ring is 1. The molecule has 0 saturated heterocycles. The largest absolute Gasteiger partial charge is 0.573 e. The van der Waals surface area contributed by atoms with Gasteiger partial charge in [-0.15, -0.1) is 13.2 Å². The quantitative estimate of drug-likeness (QED) is 0.806. The van der Waals surface area contributed by atoms with E-state index >= 15 is 0 Å². The Morgan fingerprint density at radius 2 is 1.89 bits per heavy atom. The molecule has 0 unspecified atom stereocenters. The predicted octanol–water partition coefficient (Wildman–Crippen LogP) is 3.83. The molecule has 7 heteroatoms. The number of rotatable bonds is 2. The van der Waals surface area contributed by atoms with Crippen LogP contribution in [0.4, 0.5) is 19.0 Å². The van der Waals surface area contributed by atoms with Crippen LogP contribution in [0, 0.1) is 3.57 Å². The maximum Gasteiger partial charge on any atom is 0.573 e. The number of para-hydroxylation sites is 1. The molecule has 2 aromatic rings. The summed E-state index contributed by atoms with van der Waals surface area (Å²) in [6.45, 7) is 0. The van der Waals surface area contributed by atoms with Gasteiger partial charge in [0, 0.05) is 17.3 Å². The van der Waals surface area contributed by atoms with Crippen molar-refractivity contribution in [1.82, 2.24) is 4.98 Å². The fourth-order valence-electron chi connectivity index (χ4n) is 1.51. The smallest absolute Gasteiger partial charge is 0.405 e. The normalized spacial score (nSPS) is 11.4. The van der Waals surface area contributed by atoms with Gasteiger partial charge in [0.05, 0.1) is 3.57 Å². The molecule has 0 aliphatic rings. The van der Waals surface area contributed by atoms with Crippen molar-refractivity contribution in [3.63, 3.8) is 0 Å². The third kappa shape index (κ3) is 3.49. The molecule has 2 rings (SSSR count). The van der Waals surface area contributed by atoms with E-state index in [0.717, 1.165) is 0 Å². The number of nitrogens with zero attached hydrogens (tertiary/aromatic N) is 1. The summed E-state index contributed by atoms with van der Waals surface area (Å²) in [4.78, 5) is 3.93. The van der Waals surface area contributed by atoms with Crippen LogP contribution in [0.3, 0.4) is 0 Å². The highest BCUT2D eigenvalue weighted by atomic mass is 127. The van der Waals surface area contributed by atoms with Crippen LogP contribution in [-0.4, -0.2) is 11.3 Å². The van der Waals surface area contributed by atoms with Gasteiger partial charge >= 0.3 is 6.36 Å². The molecule has 19 heavy (non-hydrogen) atoms. The molecule has 2 N–H and O–H groups in total. The second-order valence-corrected chi connectivity index (χ2v) is 4.80. The number of hydrogen-bond donors (Lipinski definition) is 1. The number of nitrogens with two attached hydrogens (primary N) is 1. The summed E-state index contributed by atoms with van der Waals surface area (Å²) in [5.41, 5.74) is 6.40. The maximum atomic E-state index is 12.3. The number of benzene rings is 1. The monoisotopic (exact) mass is 380 g/mol. The molecule has 0 fully saturated rings. The summed E-state index contributed by atoms with van der Waals surface area (Å²) >= 11 is 1.97. The first-order chi connectivity index (χ1) is 8.87. The lowest BCUT2D eigenvalue weighted by atomic mass is 10.1. The molecule has 100 valence electrons. The van der Waals surface area contributed by atoms with Crippen molar-refractivity contribution in [2.45, 2.75) is 6.36 Å². The van der Waals surface area contributed by atoms with Gasteiger partial charge in [-0.1, -0.05) is 18.2 Å². The standard InChI is InChI=1S/C12H8F3IN2O/c13-12(14,15)19-10-4-2-1-3-8(10)7-5-9(16)11(17)18-6-7/h1-6H,(H2,17,18). The zero-order valence-corrected chi connectivity index (χ0v) is 11.6. The van der Waals surface area contributed by atoms with Crippen LogP contribution in [0.25, 0.3) is 11.1 Å². The summed E-state index contributed by atoms with van der Waals surface area (Å²) in [6, 6.07) is 7.54. The molecular weight excluding hydrogens is 372 g/mol. The first-order valence-electron chi connectivity index (χ1n) is 5.13. The van der Waals surface area contributed by atoms with E-state index in [1.807, 2.05) is 22.6 Å². The average Bonchev–Trinajstić information content (AvgIpc) is 2.31. The van der Waals surface area contributed by atoms with Crippen LogP contribution < -0.4 is 10.5 Å². The molecule has 1 aromatic carbocycles. The van der Waals surface area contributed by atoms with Gasteiger partial charge in [-0.05, 0) is 34.7 Å². The van der Waals surface area contributed by atoms with E-state index in [1.54, 1.807) is 12.1 Å². The van der Waals surface area contributed by atoms with Crippen molar-refractivity contribution in [2.75, 3.05) is 5.73 Å². The summed E-state index contributed by atoms with van der Waals surface area (Å²) < 4.78 is 41.6. The topological polar surface area (TPSA) is 48.1 Å². The molecular formula is C12H8F3IN2O. The first-order valence-corrected chi connectivity index (χ1v) is 6.21. The lowest BCUT2D eigenvalue weighted by molar-refractivity contribution is -0.274. The summed E-state index contributed by atoms with van der Waals surface area (Å²) in [7, 11) is 0. The van der Waals surface area contributed by atoms with Crippen LogP contribution in [0.15, 0.2) is 36.5 Å². The fourth-order valence-corrected chi connectivity index (χ4v) is 1.99. The lowest BCUT2D eigenvalue weighted by Gasteiger charge is -2.13. The van der Waals surface area contributed by atoms with Crippen molar-refractivity contribution in [2.24, 2.45) is 0 Å². The van der Waals surface area contributed by atoms with Crippen LogP contribution in [0.5, 0.6) is 5.75 Å². The Kier molecular flexibility index (Phi) is 3.83. The fraction of sp³-hybridized carbons (Fsp3) is 0.0833. The third-order valence-corrected chi connectivity index (χ3v) is 3.16. The molecule has 0 spiro atoms. The summed E-state index contributed by atoms with van der Waals surface area (Å²) in [6.07, 6.45) is -3.32. The summed E-state index contributed by atoms with van der Waals surface area (Å²) in [5, 5.41) is 0. The highest BCUT2D eigenvalue weighted by Gasteiger charge is 2.32. The van der Waals surface area contributed by atoms with E-state index in [4.69, 9.17) is 5.73 Å². The SMILES string of the molecule is Nc1ncc(-c2ccccc2OC(F)(F)F)cc1I. The van der Waals surface area contributed by atoms with Crippen LogP contribution in [0.2, 0.25) is 0 Å². The zero-order valence-electron chi connectivity index (χ0n) is 9.41. The number of anilines is 1. The molecule has 3 nitrogen and oxygen atoms in total. The van der Waals surface area contributed by atoms with Crippen molar-refractivity contribution in [1.29, 1.82) is 0 Å². The number of ether oxygens (including phenoxy) is 1. The number of pyridine rings is 1. The van der Waals surface area contributed by atoms with Gasteiger partial charge in [0.2, 0.25) is 0 Å². The van der Waals surface area contributed by atoms with Gasteiger partial charge < -0.3 is 10.5 Å². The Labute approximate surface area is 120 Å². The van der Waals surface area contributed by atoms with Crippen molar-refractivity contribution >= 4 is 28.4 Å². The minimum atomic E-state index is -4.73. The molecule has 0 aliphatic heterocycles. The second-order valence-electron chi connectivity index (χ2n) is 3.64. The van der Waals surface area contributed by atoms with Crippen LogP contribution in [-0.2, 0) is 0 Å². The van der Waals surface area contributed by atoms with Gasteiger partial charge in [-0.3, -0.25) is 0 Å². The molecule has 0 amide bonds. The van der Waals surface area contributed by atoms with E-state index in [0.29, 0.717) is 20.5 Å².